The minimum absolute atomic E-state index is 0.0451. The maximum Gasteiger partial charge on any atom is 0.313 e. The van der Waals surface area contributed by atoms with Crippen LogP contribution in [0.3, 0.4) is 0 Å². The number of rotatable bonds is 4. The van der Waals surface area contributed by atoms with Crippen LogP contribution < -0.4 is 11.1 Å². The smallest absolute Gasteiger partial charge is 0.313 e. The SMILES string of the molecule is Cc1cc(NC(=O)C(=O)N(Cc2ccc(Br)cn2)C2CCCCC2)cnc1N. The van der Waals surface area contributed by atoms with Gasteiger partial charge in [0.2, 0.25) is 0 Å². The van der Waals surface area contributed by atoms with E-state index in [-0.39, 0.29) is 6.04 Å². The standard InChI is InChI=1S/C20H24BrN5O2/c1-13-9-16(11-24-18(13)22)25-19(27)20(28)26(17-5-3-2-4-6-17)12-15-8-7-14(21)10-23-15/h7-11,17H,2-6,12H2,1H3,(H2,22,24)(H,25,27). The molecule has 0 saturated heterocycles. The van der Waals surface area contributed by atoms with Gasteiger partial charge in [0.05, 0.1) is 24.1 Å². The van der Waals surface area contributed by atoms with E-state index in [1.165, 1.54) is 6.20 Å². The minimum Gasteiger partial charge on any atom is -0.383 e. The highest BCUT2D eigenvalue weighted by Crippen LogP contribution is 2.24. The summed E-state index contributed by atoms with van der Waals surface area (Å²) >= 11 is 3.37. The molecule has 1 aliphatic rings. The molecule has 2 aromatic rings. The molecule has 1 saturated carbocycles. The summed E-state index contributed by atoms with van der Waals surface area (Å²) in [6.07, 6.45) is 8.24. The summed E-state index contributed by atoms with van der Waals surface area (Å²) in [5.74, 6) is -0.825. The number of carbonyl (C=O) groups is 2. The number of hydrogen-bond donors (Lipinski definition) is 2. The average molecular weight is 446 g/mol. The van der Waals surface area contributed by atoms with E-state index in [9.17, 15) is 9.59 Å². The highest BCUT2D eigenvalue weighted by Gasteiger charge is 2.30. The van der Waals surface area contributed by atoms with Crippen LogP contribution in [0, 0.1) is 6.92 Å². The number of halogens is 1. The normalized spacial score (nSPS) is 14.5. The number of nitrogens with one attached hydrogen (secondary N) is 1. The lowest BCUT2D eigenvalue weighted by Crippen LogP contribution is -2.46. The molecule has 0 radical (unpaired) electrons. The number of anilines is 2. The zero-order chi connectivity index (χ0) is 20.1. The number of hydrogen-bond acceptors (Lipinski definition) is 5. The Morgan fingerprint density at radius 3 is 2.61 bits per heavy atom. The number of nitrogens with two attached hydrogens (primary N) is 1. The van der Waals surface area contributed by atoms with Crippen molar-refractivity contribution in [2.24, 2.45) is 0 Å². The zero-order valence-electron chi connectivity index (χ0n) is 15.8. The Labute approximate surface area is 172 Å². The predicted octanol–water partition coefficient (Wildman–Crippen LogP) is 3.43. The van der Waals surface area contributed by atoms with Crippen LogP contribution in [0.2, 0.25) is 0 Å². The highest BCUT2D eigenvalue weighted by molar-refractivity contribution is 9.10. The Bertz CT molecular complexity index is 850. The van der Waals surface area contributed by atoms with Crippen molar-refractivity contribution in [3.05, 3.63) is 46.3 Å². The third-order valence-corrected chi connectivity index (χ3v) is 5.44. The van der Waals surface area contributed by atoms with E-state index >= 15 is 0 Å². The van der Waals surface area contributed by atoms with Gasteiger partial charge in [0, 0.05) is 16.7 Å². The van der Waals surface area contributed by atoms with Gasteiger partial charge in [0.25, 0.3) is 0 Å². The second-order valence-electron chi connectivity index (χ2n) is 7.07. The van der Waals surface area contributed by atoms with E-state index in [0.29, 0.717) is 18.1 Å². The monoisotopic (exact) mass is 445 g/mol. The van der Waals surface area contributed by atoms with Gasteiger partial charge in [0.15, 0.2) is 0 Å². The van der Waals surface area contributed by atoms with Gasteiger partial charge in [-0.05, 0) is 59.5 Å². The summed E-state index contributed by atoms with van der Waals surface area (Å²) < 4.78 is 0.871. The van der Waals surface area contributed by atoms with Crippen LogP contribution in [-0.4, -0.2) is 32.7 Å². The van der Waals surface area contributed by atoms with Gasteiger partial charge in [0.1, 0.15) is 5.82 Å². The molecule has 0 aliphatic heterocycles. The van der Waals surface area contributed by atoms with Crippen molar-refractivity contribution in [3.8, 4) is 0 Å². The molecule has 0 unspecified atom stereocenters. The molecule has 0 atom stereocenters. The number of amides is 2. The molecular formula is C20H24BrN5O2. The fraction of sp³-hybridized carbons (Fsp3) is 0.400. The van der Waals surface area contributed by atoms with Crippen molar-refractivity contribution in [1.29, 1.82) is 0 Å². The molecule has 0 spiro atoms. The van der Waals surface area contributed by atoms with Crippen LogP contribution in [0.4, 0.5) is 11.5 Å². The Kier molecular flexibility index (Phi) is 6.61. The number of carbonyl (C=O) groups excluding carboxylic acids is 2. The van der Waals surface area contributed by atoms with E-state index in [2.05, 4.69) is 31.2 Å². The van der Waals surface area contributed by atoms with Crippen molar-refractivity contribution >= 4 is 39.2 Å². The van der Waals surface area contributed by atoms with Gasteiger partial charge in [-0.2, -0.15) is 0 Å². The van der Waals surface area contributed by atoms with Crippen molar-refractivity contribution in [2.45, 2.75) is 51.6 Å². The van der Waals surface area contributed by atoms with Gasteiger partial charge >= 0.3 is 11.8 Å². The summed E-state index contributed by atoms with van der Waals surface area (Å²) in [7, 11) is 0. The van der Waals surface area contributed by atoms with E-state index in [1.807, 2.05) is 12.1 Å². The highest BCUT2D eigenvalue weighted by atomic mass is 79.9. The molecule has 0 aromatic carbocycles. The summed E-state index contributed by atoms with van der Waals surface area (Å²) in [5, 5.41) is 2.65. The fourth-order valence-electron chi connectivity index (χ4n) is 3.40. The molecule has 1 aliphatic carbocycles. The molecule has 28 heavy (non-hydrogen) atoms. The number of nitrogen functional groups attached to an aromatic ring is 1. The molecule has 3 N–H and O–H groups in total. The number of aromatic nitrogens is 2. The Morgan fingerprint density at radius 2 is 1.96 bits per heavy atom. The molecule has 1 fully saturated rings. The third kappa shape index (κ3) is 5.07. The van der Waals surface area contributed by atoms with E-state index < -0.39 is 11.8 Å². The molecule has 8 heteroatoms. The number of nitrogens with zero attached hydrogens (tertiary/aromatic N) is 3. The largest absolute Gasteiger partial charge is 0.383 e. The third-order valence-electron chi connectivity index (χ3n) is 4.97. The van der Waals surface area contributed by atoms with Crippen LogP contribution in [0.1, 0.15) is 43.4 Å². The lowest BCUT2D eigenvalue weighted by atomic mass is 9.94. The van der Waals surface area contributed by atoms with Crippen molar-refractivity contribution < 1.29 is 9.59 Å². The Balaban J connectivity index is 1.77. The second-order valence-corrected chi connectivity index (χ2v) is 7.99. The topological polar surface area (TPSA) is 101 Å². The van der Waals surface area contributed by atoms with Crippen LogP contribution in [0.5, 0.6) is 0 Å². The molecule has 2 amide bonds. The van der Waals surface area contributed by atoms with E-state index in [0.717, 1.165) is 47.8 Å². The first-order valence-corrected chi connectivity index (χ1v) is 10.2. The van der Waals surface area contributed by atoms with Crippen molar-refractivity contribution in [3.63, 3.8) is 0 Å². The first-order valence-electron chi connectivity index (χ1n) is 9.38. The molecular weight excluding hydrogens is 422 g/mol. The van der Waals surface area contributed by atoms with Crippen LogP contribution in [-0.2, 0) is 16.1 Å². The van der Waals surface area contributed by atoms with E-state index in [4.69, 9.17) is 5.73 Å². The van der Waals surface area contributed by atoms with Crippen LogP contribution in [0.25, 0.3) is 0 Å². The van der Waals surface area contributed by atoms with E-state index in [1.54, 1.807) is 24.1 Å². The Hall–Kier alpha value is -2.48. The molecule has 2 heterocycles. The first kappa shape index (κ1) is 20.3. The van der Waals surface area contributed by atoms with Crippen LogP contribution >= 0.6 is 15.9 Å². The average Bonchev–Trinajstić information content (AvgIpc) is 2.70. The maximum atomic E-state index is 13.0. The van der Waals surface area contributed by atoms with Gasteiger partial charge in [-0.15, -0.1) is 0 Å². The lowest BCUT2D eigenvalue weighted by molar-refractivity contribution is -0.145. The number of aryl methyl sites for hydroxylation is 1. The van der Waals surface area contributed by atoms with Crippen LogP contribution in [0.15, 0.2) is 35.1 Å². The summed E-state index contributed by atoms with van der Waals surface area (Å²) in [6.45, 7) is 2.11. The zero-order valence-corrected chi connectivity index (χ0v) is 17.4. The van der Waals surface area contributed by atoms with Gasteiger partial charge in [-0.25, -0.2) is 4.98 Å². The first-order chi connectivity index (χ1) is 13.4. The maximum absolute atomic E-state index is 13.0. The number of pyridine rings is 2. The lowest BCUT2D eigenvalue weighted by Gasteiger charge is -2.33. The molecule has 7 nitrogen and oxygen atoms in total. The molecule has 2 aromatic heterocycles. The predicted molar refractivity (Wildman–Crippen MR) is 111 cm³/mol. The molecule has 3 rings (SSSR count). The Morgan fingerprint density at radius 1 is 1.21 bits per heavy atom. The molecule has 0 bridgehead atoms. The van der Waals surface area contributed by atoms with Crippen molar-refractivity contribution in [1.82, 2.24) is 14.9 Å². The summed E-state index contributed by atoms with van der Waals surface area (Å²) in [6, 6.07) is 5.49. The summed E-state index contributed by atoms with van der Waals surface area (Å²) in [4.78, 5) is 35.7. The quantitative estimate of drug-likeness (QED) is 0.701. The minimum atomic E-state index is -0.673. The fourth-order valence-corrected chi connectivity index (χ4v) is 3.64. The molecule has 148 valence electrons. The van der Waals surface area contributed by atoms with Gasteiger partial charge in [-0.3, -0.25) is 14.6 Å². The summed E-state index contributed by atoms with van der Waals surface area (Å²) in [5.41, 5.74) is 7.66. The van der Waals surface area contributed by atoms with Gasteiger partial charge < -0.3 is 16.0 Å². The van der Waals surface area contributed by atoms with Gasteiger partial charge in [-0.1, -0.05) is 19.3 Å². The second kappa shape index (κ2) is 9.14. The van der Waals surface area contributed by atoms with Crippen molar-refractivity contribution in [2.75, 3.05) is 11.1 Å².